The van der Waals surface area contributed by atoms with Crippen molar-refractivity contribution < 1.29 is 4.74 Å². The van der Waals surface area contributed by atoms with Gasteiger partial charge in [-0.05, 0) is 7.05 Å². The zero-order valence-corrected chi connectivity index (χ0v) is 5.69. The van der Waals surface area contributed by atoms with Crippen LogP contribution in [0.2, 0.25) is 0 Å². The Kier molecular flexibility index (Phi) is 2.11. The second-order valence-electron chi connectivity index (χ2n) is 2.04. The van der Waals surface area contributed by atoms with Crippen molar-refractivity contribution in [2.24, 2.45) is 0 Å². The van der Waals surface area contributed by atoms with E-state index in [2.05, 4.69) is 4.90 Å². The van der Waals surface area contributed by atoms with Gasteiger partial charge in [-0.25, -0.2) is 0 Å². The summed E-state index contributed by atoms with van der Waals surface area (Å²) in [5.74, 6) is 0. The van der Waals surface area contributed by atoms with Crippen LogP contribution >= 0.6 is 11.6 Å². The molecule has 0 saturated carbocycles. The van der Waals surface area contributed by atoms with Gasteiger partial charge in [0, 0.05) is 13.1 Å². The van der Waals surface area contributed by atoms with Gasteiger partial charge in [0.05, 0.1) is 6.61 Å². The molecule has 48 valence electrons. The third kappa shape index (κ3) is 1.62. The first-order chi connectivity index (χ1) is 3.79. The molecular weight excluding hydrogens is 126 g/mol. The molecule has 0 amide bonds. The van der Waals surface area contributed by atoms with Gasteiger partial charge in [0.1, 0.15) is 5.56 Å². The fourth-order valence-electron chi connectivity index (χ4n) is 0.725. The largest absolute Gasteiger partial charge is 0.360 e. The SMILES string of the molecule is CN1CCOC(Cl)C1. The van der Waals surface area contributed by atoms with Gasteiger partial charge in [0.2, 0.25) is 0 Å². The lowest BCUT2D eigenvalue weighted by Crippen LogP contribution is -2.36. The minimum atomic E-state index is -0.0891. The predicted octanol–water partition coefficient (Wildman–Crippen LogP) is 0.513. The average molecular weight is 136 g/mol. The molecule has 0 bridgehead atoms. The predicted molar refractivity (Wildman–Crippen MR) is 33.1 cm³/mol. The smallest absolute Gasteiger partial charge is 0.143 e. The molecule has 0 aromatic heterocycles. The Morgan fingerprint density at radius 2 is 2.50 bits per heavy atom. The van der Waals surface area contributed by atoms with Gasteiger partial charge < -0.3 is 9.64 Å². The normalized spacial score (nSPS) is 33.0. The molecule has 0 N–H and O–H groups in total. The van der Waals surface area contributed by atoms with E-state index in [0.29, 0.717) is 0 Å². The Balaban J connectivity index is 2.23. The van der Waals surface area contributed by atoms with Crippen molar-refractivity contribution >= 4 is 11.6 Å². The van der Waals surface area contributed by atoms with Gasteiger partial charge in [0.15, 0.2) is 0 Å². The number of hydrogen-bond acceptors (Lipinski definition) is 2. The Hall–Kier alpha value is 0.210. The van der Waals surface area contributed by atoms with Gasteiger partial charge in [0.25, 0.3) is 0 Å². The summed E-state index contributed by atoms with van der Waals surface area (Å²) < 4.78 is 5.07. The summed E-state index contributed by atoms with van der Waals surface area (Å²) in [5.41, 5.74) is -0.0891. The summed E-state index contributed by atoms with van der Waals surface area (Å²) in [6.45, 7) is 2.62. The van der Waals surface area contributed by atoms with Crippen molar-refractivity contribution in [1.82, 2.24) is 4.90 Å². The summed E-state index contributed by atoms with van der Waals surface area (Å²) in [5, 5.41) is 0. The molecule has 1 unspecified atom stereocenters. The molecule has 0 radical (unpaired) electrons. The summed E-state index contributed by atoms with van der Waals surface area (Å²) in [6.07, 6.45) is 0. The topological polar surface area (TPSA) is 12.5 Å². The molecule has 1 aliphatic rings. The Bertz CT molecular complexity index is 70.8. The van der Waals surface area contributed by atoms with E-state index < -0.39 is 0 Å². The van der Waals surface area contributed by atoms with Crippen molar-refractivity contribution in [2.45, 2.75) is 5.56 Å². The minimum absolute atomic E-state index is 0.0891. The van der Waals surface area contributed by atoms with Crippen LogP contribution in [0.25, 0.3) is 0 Å². The highest BCUT2D eigenvalue weighted by Gasteiger charge is 2.13. The highest BCUT2D eigenvalue weighted by Crippen LogP contribution is 2.05. The molecule has 1 aliphatic heterocycles. The molecule has 0 aliphatic carbocycles. The number of morpholine rings is 1. The van der Waals surface area contributed by atoms with Crippen LogP contribution in [0.15, 0.2) is 0 Å². The lowest BCUT2D eigenvalue weighted by molar-refractivity contribution is 0.0253. The van der Waals surface area contributed by atoms with Crippen LogP contribution < -0.4 is 0 Å². The van der Waals surface area contributed by atoms with Crippen LogP contribution in [-0.4, -0.2) is 37.2 Å². The third-order valence-corrected chi connectivity index (χ3v) is 1.49. The zero-order chi connectivity index (χ0) is 5.98. The van der Waals surface area contributed by atoms with Gasteiger partial charge in [-0.15, -0.1) is 0 Å². The van der Waals surface area contributed by atoms with Crippen molar-refractivity contribution in [3.05, 3.63) is 0 Å². The molecule has 0 aromatic carbocycles. The summed E-state index contributed by atoms with van der Waals surface area (Å²) >= 11 is 5.65. The maximum absolute atomic E-state index is 5.65. The first kappa shape index (κ1) is 6.33. The number of hydrogen-bond donors (Lipinski definition) is 0. The third-order valence-electron chi connectivity index (χ3n) is 1.23. The number of alkyl halides is 1. The van der Waals surface area contributed by atoms with Crippen molar-refractivity contribution in [3.8, 4) is 0 Å². The van der Waals surface area contributed by atoms with E-state index in [1.807, 2.05) is 7.05 Å². The molecular formula is C5H10ClNO. The van der Waals surface area contributed by atoms with Crippen LogP contribution in [0.3, 0.4) is 0 Å². The maximum Gasteiger partial charge on any atom is 0.143 e. The van der Waals surface area contributed by atoms with E-state index in [0.717, 1.165) is 19.7 Å². The summed E-state index contributed by atoms with van der Waals surface area (Å²) in [6, 6.07) is 0. The van der Waals surface area contributed by atoms with Crippen LogP contribution in [-0.2, 0) is 4.74 Å². The van der Waals surface area contributed by atoms with E-state index in [1.165, 1.54) is 0 Å². The van der Waals surface area contributed by atoms with E-state index in [4.69, 9.17) is 16.3 Å². The number of halogens is 1. The highest BCUT2D eigenvalue weighted by molar-refractivity contribution is 6.19. The molecule has 1 fully saturated rings. The fraction of sp³-hybridized carbons (Fsp3) is 1.00. The molecule has 1 saturated heterocycles. The molecule has 2 nitrogen and oxygen atoms in total. The van der Waals surface area contributed by atoms with E-state index in [1.54, 1.807) is 0 Å². The van der Waals surface area contributed by atoms with Crippen LogP contribution in [0.4, 0.5) is 0 Å². The fourth-order valence-corrected chi connectivity index (χ4v) is 1.05. The molecule has 1 atom stereocenters. The summed E-state index contributed by atoms with van der Waals surface area (Å²) in [7, 11) is 2.04. The van der Waals surface area contributed by atoms with Crippen LogP contribution in [0, 0.1) is 0 Å². The quantitative estimate of drug-likeness (QED) is 0.449. The molecule has 1 rings (SSSR count). The van der Waals surface area contributed by atoms with Crippen molar-refractivity contribution in [1.29, 1.82) is 0 Å². The van der Waals surface area contributed by atoms with Gasteiger partial charge >= 0.3 is 0 Å². The van der Waals surface area contributed by atoms with Gasteiger partial charge in [-0.1, -0.05) is 11.6 Å². The van der Waals surface area contributed by atoms with E-state index in [-0.39, 0.29) is 5.56 Å². The molecule has 0 spiro atoms. The van der Waals surface area contributed by atoms with Crippen molar-refractivity contribution in [3.63, 3.8) is 0 Å². The molecule has 1 heterocycles. The standard InChI is InChI=1S/C5H10ClNO/c1-7-2-3-8-5(6)4-7/h5H,2-4H2,1H3. The van der Waals surface area contributed by atoms with Crippen LogP contribution in [0.1, 0.15) is 0 Å². The van der Waals surface area contributed by atoms with Crippen LogP contribution in [0.5, 0.6) is 0 Å². The van der Waals surface area contributed by atoms with Crippen molar-refractivity contribution in [2.75, 3.05) is 26.7 Å². The lowest BCUT2D eigenvalue weighted by atomic mass is 10.5. The second-order valence-corrected chi connectivity index (χ2v) is 2.53. The summed E-state index contributed by atoms with van der Waals surface area (Å²) in [4.78, 5) is 2.15. The first-order valence-corrected chi connectivity index (χ1v) is 3.17. The number of ether oxygens (including phenoxy) is 1. The number of rotatable bonds is 0. The van der Waals surface area contributed by atoms with E-state index in [9.17, 15) is 0 Å². The van der Waals surface area contributed by atoms with Gasteiger partial charge in [-0.3, -0.25) is 0 Å². The first-order valence-electron chi connectivity index (χ1n) is 2.73. The average Bonchev–Trinajstić information content (AvgIpc) is 1.64. The van der Waals surface area contributed by atoms with Gasteiger partial charge in [-0.2, -0.15) is 0 Å². The zero-order valence-electron chi connectivity index (χ0n) is 4.93. The monoisotopic (exact) mass is 135 g/mol. The molecule has 8 heavy (non-hydrogen) atoms. The Labute approximate surface area is 54.4 Å². The number of nitrogens with zero attached hydrogens (tertiary/aromatic N) is 1. The van der Waals surface area contributed by atoms with E-state index >= 15 is 0 Å². The Morgan fingerprint density at radius 1 is 1.75 bits per heavy atom. The second kappa shape index (κ2) is 2.67. The Morgan fingerprint density at radius 3 is 2.88 bits per heavy atom. The molecule has 3 heteroatoms. The lowest BCUT2D eigenvalue weighted by Gasteiger charge is -2.25. The minimum Gasteiger partial charge on any atom is -0.360 e. The highest BCUT2D eigenvalue weighted by atomic mass is 35.5. The molecule has 0 aromatic rings. The number of likely N-dealkylation sites (N-methyl/N-ethyl adjacent to an activating group) is 1. The maximum atomic E-state index is 5.65.